The molecule has 136 valence electrons. The summed E-state index contributed by atoms with van der Waals surface area (Å²) in [6.45, 7) is 1.62. The van der Waals surface area contributed by atoms with Gasteiger partial charge in [0.15, 0.2) is 5.84 Å². The molecule has 0 aliphatic carbocycles. The average molecular weight is 397 g/mol. The predicted molar refractivity (Wildman–Crippen MR) is 97.4 cm³/mol. The SMILES string of the molecule is CCOC(=O)C(=O)N/C(=N\Nc1cc(Cl)ccc1[N+](=O)[O-])c1cccs1. The summed E-state index contributed by atoms with van der Waals surface area (Å²) in [5.74, 6) is -2.07. The van der Waals surface area contributed by atoms with E-state index < -0.39 is 16.8 Å². The molecule has 0 radical (unpaired) electrons. The maximum atomic E-state index is 11.9. The number of halogens is 1. The zero-order chi connectivity index (χ0) is 19.1. The van der Waals surface area contributed by atoms with E-state index in [1.54, 1.807) is 24.4 Å². The van der Waals surface area contributed by atoms with Crippen LogP contribution in [0.3, 0.4) is 0 Å². The highest BCUT2D eigenvalue weighted by Crippen LogP contribution is 2.27. The number of thiophene rings is 1. The average Bonchev–Trinajstić information content (AvgIpc) is 3.12. The third-order valence-corrected chi connectivity index (χ3v) is 4.00. The lowest BCUT2D eigenvalue weighted by Crippen LogP contribution is -2.37. The third-order valence-electron chi connectivity index (χ3n) is 2.89. The van der Waals surface area contributed by atoms with E-state index >= 15 is 0 Å². The molecule has 0 atom stereocenters. The Morgan fingerprint density at radius 2 is 2.15 bits per heavy atom. The van der Waals surface area contributed by atoms with Crippen LogP contribution in [0.1, 0.15) is 11.8 Å². The number of carbonyl (C=O) groups excluding carboxylic acids is 2. The first-order chi connectivity index (χ1) is 12.4. The van der Waals surface area contributed by atoms with Gasteiger partial charge in [-0.15, -0.1) is 11.3 Å². The van der Waals surface area contributed by atoms with Gasteiger partial charge in [-0.3, -0.25) is 25.7 Å². The van der Waals surface area contributed by atoms with E-state index in [4.69, 9.17) is 11.6 Å². The fraction of sp³-hybridized carbons (Fsp3) is 0.133. The van der Waals surface area contributed by atoms with Gasteiger partial charge in [0.05, 0.1) is 16.4 Å². The van der Waals surface area contributed by atoms with Gasteiger partial charge in [-0.1, -0.05) is 17.7 Å². The number of carbonyl (C=O) groups is 2. The van der Waals surface area contributed by atoms with Crippen LogP contribution in [-0.2, 0) is 14.3 Å². The molecule has 1 heterocycles. The Bertz CT molecular complexity index is 854. The van der Waals surface area contributed by atoms with E-state index in [9.17, 15) is 19.7 Å². The molecule has 0 saturated heterocycles. The summed E-state index contributed by atoms with van der Waals surface area (Å²) in [6.07, 6.45) is 0. The first kappa shape index (κ1) is 19.3. The van der Waals surface area contributed by atoms with E-state index in [1.165, 1.54) is 29.5 Å². The molecule has 1 aromatic carbocycles. The normalized spacial score (nSPS) is 10.9. The Labute approximate surface area is 156 Å². The van der Waals surface area contributed by atoms with E-state index in [0.717, 1.165) is 0 Å². The van der Waals surface area contributed by atoms with Gasteiger partial charge in [-0.2, -0.15) is 5.10 Å². The molecule has 11 heteroatoms. The van der Waals surface area contributed by atoms with Crippen molar-refractivity contribution in [1.29, 1.82) is 0 Å². The second-order valence-corrected chi connectivity index (χ2v) is 6.03. The van der Waals surface area contributed by atoms with Gasteiger partial charge in [-0.05, 0) is 30.5 Å². The fourth-order valence-electron chi connectivity index (χ4n) is 1.79. The van der Waals surface area contributed by atoms with Crippen molar-refractivity contribution >= 4 is 52.0 Å². The number of nitro groups is 1. The zero-order valence-electron chi connectivity index (χ0n) is 13.4. The minimum absolute atomic E-state index is 0.00678. The van der Waals surface area contributed by atoms with Crippen molar-refractivity contribution in [2.75, 3.05) is 12.0 Å². The first-order valence-electron chi connectivity index (χ1n) is 7.22. The number of amides is 1. The van der Waals surface area contributed by atoms with Crippen LogP contribution in [0.25, 0.3) is 0 Å². The van der Waals surface area contributed by atoms with Crippen molar-refractivity contribution in [2.45, 2.75) is 6.92 Å². The molecule has 2 rings (SSSR count). The van der Waals surface area contributed by atoms with Crippen LogP contribution in [0.4, 0.5) is 11.4 Å². The lowest BCUT2D eigenvalue weighted by atomic mass is 10.3. The third kappa shape index (κ3) is 5.01. The Morgan fingerprint density at radius 1 is 1.38 bits per heavy atom. The van der Waals surface area contributed by atoms with Crippen molar-refractivity contribution in [2.24, 2.45) is 5.10 Å². The maximum absolute atomic E-state index is 11.9. The molecule has 2 aromatic rings. The molecule has 0 saturated carbocycles. The van der Waals surface area contributed by atoms with Gasteiger partial charge in [0, 0.05) is 11.1 Å². The monoisotopic (exact) mass is 396 g/mol. The topological polar surface area (TPSA) is 123 Å². The number of rotatable bonds is 5. The minimum atomic E-state index is -1.06. The molecule has 0 spiro atoms. The highest BCUT2D eigenvalue weighted by molar-refractivity contribution is 7.12. The van der Waals surface area contributed by atoms with E-state index in [0.29, 0.717) is 4.88 Å². The standard InChI is InChI=1S/C15H13ClN4O5S/c1-2-25-15(22)14(21)17-13(12-4-3-7-26-12)19-18-10-8-9(16)5-6-11(10)20(23)24/h3-8,18H,2H2,1H3,(H,17,19,21). The smallest absolute Gasteiger partial charge is 0.397 e. The summed E-state index contributed by atoms with van der Waals surface area (Å²) < 4.78 is 4.62. The van der Waals surface area contributed by atoms with Crippen molar-refractivity contribution in [3.8, 4) is 0 Å². The number of hydrogen-bond donors (Lipinski definition) is 2. The Kier molecular flexibility index (Phi) is 6.64. The van der Waals surface area contributed by atoms with E-state index in [2.05, 4.69) is 20.6 Å². The van der Waals surface area contributed by atoms with Gasteiger partial charge in [0.25, 0.3) is 5.69 Å². The molecular weight excluding hydrogens is 384 g/mol. The van der Waals surface area contributed by atoms with Crippen LogP contribution in [0, 0.1) is 10.1 Å². The van der Waals surface area contributed by atoms with Gasteiger partial charge in [0.2, 0.25) is 0 Å². The largest absolute Gasteiger partial charge is 0.459 e. The highest BCUT2D eigenvalue weighted by Gasteiger charge is 2.19. The number of nitro benzene ring substituents is 1. The summed E-state index contributed by atoms with van der Waals surface area (Å²) in [5.41, 5.74) is 2.28. The molecule has 0 unspecified atom stereocenters. The van der Waals surface area contributed by atoms with E-state index in [1.807, 2.05) is 0 Å². The van der Waals surface area contributed by atoms with Crippen molar-refractivity contribution in [3.63, 3.8) is 0 Å². The zero-order valence-corrected chi connectivity index (χ0v) is 15.0. The number of benzene rings is 1. The number of nitrogens with zero attached hydrogens (tertiary/aromatic N) is 2. The molecule has 0 fully saturated rings. The maximum Gasteiger partial charge on any atom is 0.397 e. The quantitative estimate of drug-likeness (QED) is 0.200. The van der Waals surface area contributed by atoms with Crippen LogP contribution in [-0.4, -0.2) is 29.2 Å². The number of ether oxygens (including phenoxy) is 1. The molecule has 0 aliphatic rings. The van der Waals surface area contributed by atoms with Crippen LogP contribution in [0.5, 0.6) is 0 Å². The molecule has 2 N–H and O–H groups in total. The van der Waals surface area contributed by atoms with Crippen molar-refractivity contribution < 1.29 is 19.2 Å². The Morgan fingerprint density at radius 3 is 2.77 bits per heavy atom. The van der Waals surface area contributed by atoms with Crippen LogP contribution in [0.15, 0.2) is 40.8 Å². The van der Waals surface area contributed by atoms with Gasteiger partial charge in [-0.25, -0.2) is 4.79 Å². The van der Waals surface area contributed by atoms with Crippen LogP contribution in [0.2, 0.25) is 5.02 Å². The Hall–Kier alpha value is -2.98. The molecule has 0 aliphatic heterocycles. The van der Waals surface area contributed by atoms with Gasteiger partial charge in [0.1, 0.15) is 5.69 Å². The predicted octanol–water partition coefficient (Wildman–Crippen LogP) is 2.76. The molecule has 0 bridgehead atoms. The van der Waals surface area contributed by atoms with Gasteiger partial charge >= 0.3 is 11.9 Å². The minimum Gasteiger partial charge on any atom is -0.459 e. The summed E-state index contributed by atoms with van der Waals surface area (Å²) in [5, 5.41) is 19.4. The summed E-state index contributed by atoms with van der Waals surface area (Å²) >= 11 is 7.11. The molecular formula is C15H13ClN4O5S. The molecule has 1 amide bonds. The van der Waals surface area contributed by atoms with E-state index in [-0.39, 0.29) is 28.8 Å². The first-order valence-corrected chi connectivity index (χ1v) is 8.47. The van der Waals surface area contributed by atoms with Crippen LogP contribution < -0.4 is 10.7 Å². The highest BCUT2D eigenvalue weighted by atomic mass is 35.5. The number of nitrogens with one attached hydrogen (secondary N) is 2. The molecule has 1 aromatic heterocycles. The lowest BCUT2D eigenvalue weighted by Gasteiger charge is -2.08. The van der Waals surface area contributed by atoms with Gasteiger partial charge < -0.3 is 4.74 Å². The number of hydrazone groups is 1. The second kappa shape index (κ2) is 8.92. The fourth-order valence-corrected chi connectivity index (χ4v) is 2.63. The van der Waals surface area contributed by atoms with Crippen molar-refractivity contribution in [3.05, 3.63) is 55.7 Å². The van der Waals surface area contributed by atoms with Crippen molar-refractivity contribution in [1.82, 2.24) is 5.32 Å². The molecule has 26 heavy (non-hydrogen) atoms. The summed E-state index contributed by atoms with van der Waals surface area (Å²) in [7, 11) is 0. The lowest BCUT2D eigenvalue weighted by molar-refractivity contribution is -0.384. The van der Waals surface area contributed by atoms with Crippen LogP contribution >= 0.6 is 22.9 Å². The number of esters is 1. The molecule has 9 nitrogen and oxygen atoms in total. The second-order valence-electron chi connectivity index (χ2n) is 4.64. The Balaban J connectivity index is 2.30. The summed E-state index contributed by atoms with van der Waals surface area (Å²) in [4.78, 5) is 34.4. The summed E-state index contributed by atoms with van der Waals surface area (Å²) in [6, 6.07) is 7.29. The number of hydrogen-bond acceptors (Lipinski definition) is 8. The number of amidine groups is 1. The number of anilines is 1.